The molecule has 0 aromatic heterocycles. The van der Waals surface area contributed by atoms with E-state index in [1.165, 1.54) is 38.8 Å². The molecule has 0 amide bonds. The zero-order chi connectivity index (χ0) is 17.1. The van der Waals surface area contributed by atoms with E-state index in [1.807, 2.05) is 6.08 Å². The van der Waals surface area contributed by atoms with Crippen molar-refractivity contribution in [2.75, 3.05) is 39.5 Å². The normalized spacial score (nSPS) is 17.6. The molecule has 1 aliphatic heterocycles. The summed E-state index contributed by atoms with van der Waals surface area (Å²) in [5, 5.41) is 0. The molecule has 0 atom stereocenters. The fraction of sp³-hybridized carbons (Fsp3) is 0.700. The molecule has 23 heavy (non-hydrogen) atoms. The highest BCUT2D eigenvalue weighted by atomic mass is 16.5. The summed E-state index contributed by atoms with van der Waals surface area (Å²) < 4.78 is 11.6. The molecule has 0 aromatic carbocycles. The first kappa shape index (κ1) is 20.0. The third-order valence-corrected chi connectivity index (χ3v) is 4.21. The molecule has 0 spiro atoms. The quantitative estimate of drug-likeness (QED) is 0.353. The largest absolute Gasteiger partial charge is 0.491 e. The van der Waals surface area contributed by atoms with Crippen LogP contribution in [0, 0.1) is 5.41 Å². The highest BCUT2D eigenvalue weighted by Crippen LogP contribution is 2.30. The number of allylic oxidation sites excluding steroid dienone is 3. The van der Waals surface area contributed by atoms with Gasteiger partial charge in [0.15, 0.2) is 0 Å². The lowest BCUT2D eigenvalue weighted by molar-refractivity contribution is 0.0621. The van der Waals surface area contributed by atoms with Crippen molar-refractivity contribution < 1.29 is 9.47 Å². The summed E-state index contributed by atoms with van der Waals surface area (Å²) in [6, 6.07) is 0. The molecule has 132 valence electrons. The minimum atomic E-state index is -0.0114. The van der Waals surface area contributed by atoms with Crippen LogP contribution in [0.3, 0.4) is 0 Å². The monoisotopic (exact) mass is 321 g/mol. The van der Waals surface area contributed by atoms with E-state index in [-0.39, 0.29) is 5.41 Å². The van der Waals surface area contributed by atoms with Gasteiger partial charge in [0.05, 0.1) is 13.2 Å². The minimum absolute atomic E-state index is 0.0114. The average Bonchev–Trinajstić information content (AvgIpc) is 2.76. The molecule has 1 rings (SSSR count). The summed E-state index contributed by atoms with van der Waals surface area (Å²) in [5.74, 6) is 0.809. The second-order valence-corrected chi connectivity index (χ2v) is 7.21. The van der Waals surface area contributed by atoms with Crippen LogP contribution in [0.5, 0.6) is 0 Å². The Kier molecular flexibility index (Phi) is 9.27. The second kappa shape index (κ2) is 10.7. The van der Waals surface area contributed by atoms with E-state index in [2.05, 4.69) is 38.8 Å². The molecule has 3 nitrogen and oxygen atoms in total. The Labute approximate surface area is 143 Å². The first-order valence-electron chi connectivity index (χ1n) is 8.90. The molecule has 0 N–H and O–H groups in total. The Morgan fingerprint density at radius 1 is 1.04 bits per heavy atom. The second-order valence-electron chi connectivity index (χ2n) is 7.21. The first-order valence-corrected chi connectivity index (χ1v) is 8.90. The van der Waals surface area contributed by atoms with Gasteiger partial charge in [0.1, 0.15) is 12.4 Å². The van der Waals surface area contributed by atoms with Crippen LogP contribution in [0.2, 0.25) is 0 Å². The van der Waals surface area contributed by atoms with E-state index >= 15 is 0 Å². The first-order chi connectivity index (χ1) is 10.9. The van der Waals surface area contributed by atoms with Crippen LogP contribution in [-0.2, 0) is 9.47 Å². The van der Waals surface area contributed by atoms with Crippen molar-refractivity contribution in [1.29, 1.82) is 0 Å². The molecule has 0 saturated carbocycles. The summed E-state index contributed by atoms with van der Waals surface area (Å²) >= 11 is 0. The van der Waals surface area contributed by atoms with Crippen molar-refractivity contribution in [2.45, 2.75) is 46.5 Å². The Bertz CT molecular complexity index is 385. The van der Waals surface area contributed by atoms with Gasteiger partial charge in [-0.1, -0.05) is 52.8 Å². The van der Waals surface area contributed by atoms with Crippen LogP contribution in [0.4, 0.5) is 0 Å². The van der Waals surface area contributed by atoms with Gasteiger partial charge in [-0.05, 0) is 43.0 Å². The fourth-order valence-corrected chi connectivity index (χ4v) is 2.58. The Balaban J connectivity index is 2.20. The maximum Gasteiger partial charge on any atom is 0.122 e. The summed E-state index contributed by atoms with van der Waals surface area (Å²) in [7, 11) is 0. The Hall–Kier alpha value is -1.06. The maximum atomic E-state index is 5.83. The van der Waals surface area contributed by atoms with Crippen LogP contribution < -0.4 is 0 Å². The van der Waals surface area contributed by atoms with E-state index < -0.39 is 0 Å². The van der Waals surface area contributed by atoms with Crippen LogP contribution in [0.15, 0.2) is 36.6 Å². The molecule has 0 aromatic rings. The molecule has 1 saturated heterocycles. The summed E-state index contributed by atoms with van der Waals surface area (Å²) in [4.78, 5) is 2.51. The fourth-order valence-electron chi connectivity index (χ4n) is 2.58. The van der Waals surface area contributed by atoms with E-state index in [0.29, 0.717) is 13.2 Å². The lowest BCUT2D eigenvalue weighted by atomic mass is 9.86. The van der Waals surface area contributed by atoms with Gasteiger partial charge in [-0.3, -0.25) is 0 Å². The highest BCUT2D eigenvalue weighted by molar-refractivity contribution is 5.30. The minimum Gasteiger partial charge on any atom is -0.491 e. The highest BCUT2D eigenvalue weighted by Gasteiger charge is 2.19. The van der Waals surface area contributed by atoms with Gasteiger partial charge >= 0.3 is 0 Å². The number of ether oxygens (including phenoxy) is 2. The Morgan fingerprint density at radius 3 is 2.26 bits per heavy atom. The van der Waals surface area contributed by atoms with Crippen molar-refractivity contribution >= 4 is 0 Å². The van der Waals surface area contributed by atoms with Crippen molar-refractivity contribution in [3.8, 4) is 0 Å². The van der Waals surface area contributed by atoms with E-state index in [4.69, 9.17) is 9.47 Å². The molecule has 0 bridgehead atoms. The van der Waals surface area contributed by atoms with Gasteiger partial charge < -0.3 is 14.4 Å². The molecular weight excluding hydrogens is 286 g/mol. The van der Waals surface area contributed by atoms with Gasteiger partial charge in [0.2, 0.25) is 0 Å². The van der Waals surface area contributed by atoms with Crippen LogP contribution in [0.25, 0.3) is 0 Å². The molecular formula is C20H35NO2. The topological polar surface area (TPSA) is 21.7 Å². The molecule has 1 fully saturated rings. The van der Waals surface area contributed by atoms with Gasteiger partial charge in [0, 0.05) is 6.54 Å². The maximum absolute atomic E-state index is 5.83. The van der Waals surface area contributed by atoms with E-state index in [1.54, 1.807) is 6.08 Å². The predicted octanol–water partition coefficient (Wildman–Crippen LogP) is 4.57. The standard InChI is InChI=1S/C20H35NO2/c1-6-11-19(18(2)20(3,4)5)23-17-16-22-15-14-21-12-9-7-8-10-13-21/h6,11H,1-2,7-10,12-17H2,3-5H3. The average molecular weight is 322 g/mol. The third-order valence-electron chi connectivity index (χ3n) is 4.21. The van der Waals surface area contributed by atoms with Crippen molar-refractivity contribution in [1.82, 2.24) is 4.90 Å². The van der Waals surface area contributed by atoms with Crippen molar-refractivity contribution in [3.63, 3.8) is 0 Å². The van der Waals surface area contributed by atoms with Gasteiger partial charge in [0.25, 0.3) is 0 Å². The molecule has 1 heterocycles. The van der Waals surface area contributed by atoms with Gasteiger partial charge in [-0.2, -0.15) is 0 Å². The number of nitrogens with zero attached hydrogens (tertiary/aromatic N) is 1. The number of likely N-dealkylation sites (tertiary alicyclic amines) is 1. The summed E-state index contributed by atoms with van der Waals surface area (Å²) in [5.41, 5.74) is 0.976. The molecule has 0 aliphatic carbocycles. The number of rotatable bonds is 9. The lowest BCUT2D eigenvalue weighted by Crippen LogP contribution is -2.28. The zero-order valence-corrected chi connectivity index (χ0v) is 15.4. The summed E-state index contributed by atoms with van der Waals surface area (Å²) in [6.45, 7) is 19.7. The van der Waals surface area contributed by atoms with Crippen molar-refractivity contribution in [2.24, 2.45) is 5.41 Å². The van der Waals surface area contributed by atoms with E-state index in [9.17, 15) is 0 Å². The number of hydrogen-bond donors (Lipinski definition) is 0. The van der Waals surface area contributed by atoms with Crippen LogP contribution >= 0.6 is 0 Å². The third kappa shape index (κ3) is 8.38. The van der Waals surface area contributed by atoms with E-state index in [0.717, 1.165) is 24.5 Å². The van der Waals surface area contributed by atoms with Crippen molar-refractivity contribution in [3.05, 3.63) is 36.6 Å². The molecule has 0 unspecified atom stereocenters. The van der Waals surface area contributed by atoms with Gasteiger partial charge in [-0.15, -0.1) is 0 Å². The Morgan fingerprint density at radius 2 is 1.70 bits per heavy atom. The molecule has 1 aliphatic rings. The summed E-state index contributed by atoms with van der Waals surface area (Å²) in [6.07, 6.45) is 9.03. The SMILES string of the molecule is C=CC=C(OCCOCCN1CCCCCC1)C(=C)C(C)(C)C. The molecule has 3 heteroatoms. The predicted molar refractivity (Wildman–Crippen MR) is 98.6 cm³/mol. The smallest absolute Gasteiger partial charge is 0.122 e. The zero-order valence-electron chi connectivity index (χ0n) is 15.4. The van der Waals surface area contributed by atoms with Crippen LogP contribution in [-0.4, -0.2) is 44.4 Å². The number of hydrogen-bond acceptors (Lipinski definition) is 3. The lowest BCUT2D eigenvalue weighted by Gasteiger charge is -2.24. The molecule has 0 radical (unpaired) electrons. The van der Waals surface area contributed by atoms with Crippen LogP contribution in [0.1, 0.15) is 46.5 Å². The van der Waals surface area contributed by atoms with Gasteiger partial charge in [-0.25, -0.2) is 0 Å².